The van der Waals surface area contributed by atoms with Gasteiger partial charge in [0.1, 0.15) is 28.7 Å². The van der Waals surface area contributed by atoms with E-state index in [0.717, 1.165) is 24.3 Å². The van der Waals surface area contributed by atoms with Crippen LogP contribution in [0.25, 0.3) is 22.3 Å². The summed E-state index contributed by atoms with van der Waals surface area (Å²) >= 11 is 5.89. The Balaban J connectivity index is 0.000000259. The molecule has 6 rings (SSSR count). The summed E-state index contributed by atoms with van der Waals surface area (Å²) < 4.78 is 83.1. The summed E-state index contributed by atoms with van der Waals surface area (Å²) in [5, 5.41) is 15.0. The third-order valence-electron chi connectivity index (χ3n) is 9.01. The molecule has 0 saturated heterocycles. The van der Waals surface area contributed by atoms with Crippen molar-refractivity contribution in [1.29, 1.82) is 0 Å². The molecule has 0 fully saturated rings. The van der Waals surface area contributed by atoms with E-state index < -0.39 is 52.9 Å². The van der Waals surface area contributed by atoms with Crippen LogP contribution >= 0.6 is 11.6 Å². The quantitative estimate of drug-likeness (QED) is 0.0961. The Morgan fingerprint density at radius 2 is 1.23 bits per heavy atom. The molecule has 0 aliphatic carbocycles. The van der Waals surface area contributed by atoms with Crippen molar-refractivity contribution in [2.24, 2.45) is 0 Å². The van der Waals surface area contributed by atoms with E-state index in [2.05, 4.69) is 20.6 Å². The van der Waals surface area contributed by atoms with E-state index in [1.54, 1.807) is 76.2 Å². The third-order valence-corrected chi connectivity index (χ3v) is 9.26. The number of hydrogen-bond acceptors (Lipinski definition) is 9. The van der Waals surface area contributed by atoms with Crippen LogP contribution in [0.5, 0.6) is 23.3 Å². The molecule has 1 atom stereocenters. The molecule has 346 valence electrons. The summed E-state index contributed by atoms with van der Waals surface area (Å²) in [5.74, 6) is -1.09. The number of aliphatic hydroxyl groups excluding tert-OH is 1. The molecule has 0 aliphatic heterocycles. The molecule has 66 heavy (non-hydrogen) atoms. The number of rotatable bonds is 13. The van der Waals surface area contributed by atoms with Gasteiger partial charge in [-0.15, -0.1) is 0 Å². The second-order valence-electron chi connectivity index (χ2n) is 15.6. The lowest BCUT2D eigenvalue weighted by atomic mass is 10.0. The predicted molar refractivity (Wildman–Crippen MR) is 238 cm³/mol. The van der Waals surface area contributed by atoms with E-state index >= 15 is 0 Å². The number of aromatic nitrogens is 2. The Kier molecular flexibility index (Phi) is 16.8. The van der Waals surface area contributed by atoms with Crippen molar-refractivity contribution < 1.29 is 55.7 Å². The van der Waals surface area contributed by atoms with Crippen molar-refractivity contribution in [3.05, 3.63) is 155 Å². The van der Waals surface area contributed by atoms with Crippen LogP contribution in [-0.2, 0) is 10.9 Å². The van der Waals surface area contributed by atoms with Gasteiger partial charge < -0.3 is 34.9 Å². The molecule has 3 N–H and O–H groups in total. The molecule has 18 heteroatoms. The van der Waals surface area contributed by atoms with Gasteiger partial charge in [-0.2, -0.15) is 13.2 Å². The van der Waals surface area contributed by atoms with Gasteiger partial charge in [0, 0.05) is 54.7 Å². The van der Waals surface area contributed by atoms with Gasteiger partial charge in [-0.05, 0) is 124 Å². The summed E-state index contributed by atoms with van der Waals surface area (Å²) in [6.07, 6.45) is -2.44. The fraction of sp³-hybridized carbons (Fsp3) is 0.229. The number of nitrogens with one attached hydrogen (secondary N) is 2. The van der Waals surface area contributed by atoms with Crippen LogP contribution in [0, 0.1) is 11.6 Å². The van der Waals surface area contributed by atoms with Gasteiger partial charge in [0.15, 0.2) is 0 Å². The van der Waals surface area contributed by atoms with Gasteiger partial charge in [0.25, 0.3) is 11.8 Å². The molecular weight excluding hydrogens is 889 g/mol. The minimum absolute atomic E-state index is 0.0310. The average Bonchev–Trinajstić information content (AvgIpc) is 3.26. The molecule has 4 aromatic carbocycles. The fourth-order valence-corrected chi connectivity index (χ4v) is 5.83. The molecule has 0 aliphatic rings. The van der Waals surface area contributed by atoms with Crippen LogP contribution < -0.4 is 20.1 Å². The van der Waals surface area contributed by atoms with Crippen molar-refractivity contribution in [2.45, 2.75) is 45.5 Å². The van der Waals surface area contributed by atoms with Crippen molar-refractivity contribution in [2.75, 3.05) is 26.7 Å². The molecule has 12 nitrogen and oxygen atoms in total. The first-order chi connectivity index (χ1) is 31.2. The van der Waals surface area contributed by atoms with Crippen LogP contribution in [0.4, 0.5) is 26.7 Å². The number of carbonyl (C=O) groups is 3. The lowest BCUT2D eigenvalue weighted by molar-refractivity contribution is -0.137. The van der Waals surface area contributed by atoms with Crippen molar-refractivity contribution in [1.82, 2.24) is 25.5 Å². The number of alkyl halides is 3. The van der Waals surface area contributed by atoms with E-state index in [-0.39, 0.29) is 53.9 Å². The summed E-state index contributed by atoms with van der Waals surface area (Å²) in [7, 11) is 1.54. The number of halogens is 6. The molecular formula is C48H45ClF5N5O7. The molecule has 6 aromatic rings. The number of nitrogens with zero attached hydrogens (tertiary/aromatic N) is 3. The highest BCUT2D eigenvalue weighted by Gasteiger charge is 2.30. The molecule has 0 unspecified atom stereocenters. The Morgan fingerprint density at radius 1 is 0.742 bits per heavy atom. The number of aliphatic hydroxyl groups is 1. The Bertz CT molecular complexity index is 2630. The largest absolute Gasteiger partial charge is 0.444 e. The fourth-order valence-electron chi connectivity index (χ4n) is 5.70. The SMILES string of the molecule is CN(CCNC(=O)c1cnc(Oc2ccc(C(F)(F)F)cc2)c(-c2cccc(F)c2)c1)C(=O)OC(C)(C)C.C[C@H](CO)NC(=O)c1cnc(Oc2ccc(Cl)cc2)c(-c2cccc(F)c2)c1. The number of ether oxygens (including phenoxy) is 3. The second kappa shape index (κ2) is 22.2. The first-order valence-electron chi connectivity index (χ1n) is 20.1. The highest BCUT2D eigenvalue weighted by molar-refractivity contribution is 6.30. The van der Waals surface area contributed by atoms with Crippen LogP contribution in [0.1, 0.15) is 54.0 Å². The van der Waals surface area contributed by atoms with Crippen molar-refractivity contribution >= 4 is 29.5 Å². The maximum absolute atomic E-state index is 13.9. The number of hydrogen-bond donors (Lipinski definition) is 3. The van der Waals surface area contributed by atoms with Gasteiger partial charge >= 0.3 is 12.3 Å². The van der Waals surface area contributed by atoms with Gasteiger partial charge in [0.05, 0.1) is 23.3 Å². The number of carbonyl (C=O) groups excluding carboxylic acids is 3. The second-order valence-corrected chi connectivity index (χ2v) is 16.0. The van der Waals surface area contributed by atoms with E-state index in [9.17, 15) is 36.3 Å². The van der Waals surface area contributed by atoms with Crippen LogP contribution in [0.15, 0.2) is 122 Å². The number of benzene rings is 4. The zero-order valence-corrected chi connectivity index (χ0v) is 37.0. The molecule has 0 bridgehead atoms. The maximum atomic E-state index is 13.9. The molecule has 0 radical (unpaired) electrons. The smallest absolute Gasteiger partial charge is 0.416 e. The summed E-state index contributed by atoms with van der Waals surface area (Å²) in [6.45, 7) is 7.02. The highest BCUT2D eigenvalue weighted by Crippen LogP contribution is 2.36. The monoisotopic (exact) mass is 933 g/mol. The van der Waals surface area contributed by atoms with Crippen LogP contribution in [0.2, 0.25) is 5.02 Å². The molecule has 2 heterocycles. The van der Waals surface area contributed by atoms with Crippen molar-refractivity contribution in [3.63, 3.8) is 0 Å². The van der Waals surface area contributed by atoms with E-state index in [0.29, 0.717) is 27.5 Å². The topological polar surface area (TPSA) is 152 Å². The lowest BCUT2D eigenvalue weighted by Gasteiger charge is -2.24. The standard InChI is InChI=1S/C27H27F4N3O4.C21H18ClFN2O3/c1-26(2,3)38-25(36)34(4)13-12-32-23(35)18-15-22(17-6-5-7-20(28)14-17)24(33-16-18)37-21-10-8-19(9-11-21)27(29,30)31;1-13(12-26)25-20(27)15-10-19(14-3-2-4-17(23)9-14)21(24-11-15)28-18-7-5-16(22)6-8-18/h5-11,14-16H,12-13H2,1-4H3,(H,32,35);2-11,13,26H,12H2,1H3,(H,25,27)/t;13-/m.1/s1. The van der Waals surface area contributed by atoms with E-state index in [4.69, 9.17) is 30.9 Å². The minimum atomic E-state index is -4.50. The third kappa shape index (κ3) is 14.7. The zero-order valence-electron chi connectivity index (χ0n) is 36.3. The Labute approximate surface area is 382 Å². The van der Waals surface area contributed by atoms with Crippen molar-refractivity contribution in [3.8, 4) is 45.5 Å². The summed E-state index contributed by atoms with van der Waals surface area (Å²) in [5.41, 5.74) is 0.471. The van der Waals surface area contributed by atoms with E-state index in [1.165, 1.54) is 60.7 Å². The highest BCUT2D eigenvalue weighted by atomic mass is 35.5. The minimum Gasteiger partial charge on any atom is -0.444 e. The zero-order chi connectivity index (χ0) is 48.2. The molecule has 0 saturated carbocycles. The van der Waals surface area contributed by atoms with Gasteiger partial charge in [-0.3, -0.25) is 9.59 Å². The molecule has 0 spiro atoms. The number of amides is 3. The van der Waals surface area contributed by atoms with Gasteiger partial charge in [-0.25, -0.2) is 23.5 Å². The molecule has 2 aromatic heterocycles. The normalized spacial score (nSPS) is 11.6. The Hall–Kier alpha value is -7.11. The summed E-state index contributed by atoms with van der Waals surface area (Å²) in [4.78, 5) is 47.0. The lowest BCUT2D eigenvalue weighted by Crippen LogP contribution is -2.39. The number of pyridine rings is 2. The van der Waals surface area contributed by atoms with Crippen LogP contribution in [0.3, 0.4) is 0 Å². The first kappa shape index (κ1) is 49.9. The predicted octanol–water partition coefficient (Wildman–Crippen LogP) is 10.7. The van der Waals surface area contributed by atoms with Gasteiger partial charge in [0.2, 0.25) is 11.8 Å². The summed E-state index contributed by atoms with van der Waals surface area (Å²) in [6, 6.07) is 24.8. The number of likely N-dealkylation sites (N-methyl/N-ethyl adjacent to an activating group) is 1. The molecule has 3 amide bonds. The van der Waals surface area contributed by atoms with E-state index in [1.807, 2.05) is 0 Å². The first-order valence-corrected chi connectivity index (χ1v) is 20.5. The maximum Gasteiger partial charge on any atom is 0.416 e. The Morgan fingerprint density at radius 3 is 1.68 bits per heavy atom. The van der Waals surface area contributed by atoms with Crippen LogP contribution in [-0.4, -0.2) is 76.3 Å². The average molecular weight is 934 g/mol. The van der Waals surface area contributed by atoms with Gasteiger partial charge in [-0.1, -0.05) is 35.9 Å².